The van der Waals surface area contributed by atoms with E-state index in [0.29, 0.717) is 30.2 Å². The number of aldehydes is 1. The minimum Gasteiger partial charge on any atom is -0.493 e. The zero-order chi connectivity index (χ0) is 25.3. The van der Waals surface area contributed by atoms with Gasteiger partial charge < -0.3 is 29.0 Å². The van der Waals surface area contributed by atoms with Gasteiger partial charge in [-0.25, -0.2) is 0 Å². The summed E-state index contributed by atoms with van der Waals surface area (Å²) >= 11 is 0. The van der Waals surface area contributed by atoms with Crippen molar-refractivity contribution >= 4 is 23.8 Å². The third-order valence-corrected chi connectivity index (χ3v) is 8.09. The first-order chi connectivity index (χ1) is 16.7. The molecule has 0 aromatic heterocycles. The Morgan fingerprint density at radius 3 is 2.34 bits per heavy atom. The first-order valence-corrected chi connectivity index (χ1v) is 12.7. The van der Waals surface area contributed by atoms with Crippen LogP contribution in [0, 0.1) is 10.8 Å². The van der Waals surface area contributed by atoms with E-state index in [9.17, 15) is 14.7 Å². The van der Waals surface area contributed by atoms with Crippen LogP contribution in [0.3, 0.4) is 0 Å². The Hall–Kier alpha value is -2.38. The summed E-state index contributed by atoms with van der Waals surface area (Å²) in [4.78, 5) is 27.7. The molecule has 1 atom stereocenters. The molecule has 2 heterocycles. The van der Waals surface area contributed by atoms with Gasteiger partial charge in [0, 0.05) is 49.2 Å². The van der Waals surface area contributed by atoms with E-state index < -0.39 is 11.1 Å². The van der Waals surface area contributed by atoms with Crippen LogP contribution in [0.2, 0.25) is 0 Å². The van der Waals surface area contributed by atoms with Crippen LogP contribution >= 0.6 is 0 Å². The van der Waals surface area contributed by atoms with E-state index in [-0.39, 0.29) is 17.6 Å². The molecule has 0 saturated heterocycles. The van der Waals surface area contributed by atoms with Gasteiger partial charge in [0.25, 0.3) is 0 Å². The number of carbonyl (C=O) groups excluding carboxylic acids is 2. The lowest BCUT2D eigenvalue weighted by atomic mass is 9.75. The highest BCUT2D eigenvalue weighted by atomic mass is 16.5. The van der Waals surface area contributed by atoms with Crippen molar-refractivity contribution in [3.63, 3.8) is 0 Å². The maximum absolute atomic E-state index is 13.6. The number of methoxy groups -OCH3 is 2. The first-order valence-electron chi connectivity index (χ1n) is 12.7. The summed E-state index contributed by atoms with van der Waals surface area (Å²) in [7, 11) is 4.86. The van der Waals surface area contributed by atoms with Crippen LogP contribution in [-0.2, 0) is 14.3 Å². The molecule has 7 nitrogen and oxygen atoms in total. The van der Waals surface area contributed by atoms with Gasteiger partial charge in [0.2, 0.25) is 0 Å². The van der Waals surface area contributed by atoms with Crippen LogP contribution in [0.15, 0.2) is 17.7 Å². The second-order valence-electron chi connectivity index (χ2n) is 10.9. The fraction of sp³-hybridized carbons (Fsp3) is 0.643. The summed E-state index contributed by atoms with van der Waals surface area (Å²) < 4.78 is 16.0. The number of nitrogens with zero attached hydrogens (tertiary/aromatic N) is 1. The molecule has 7 heteroatoms. The van der Waals surface area contributed by atoms with Gasteiger partial charge in [0.1, 0.15) is 6.29 Å². The van der Waals surface area contributed by atoms with Crippen LogP contribution < -0.4 is 14.4 Å². The summed E-state index contributed by atoms with van der Waals surface area (Å²) in [5, 5.41) is 11.8. The van der Waals surface area contributed by atoms with Gasteiger partial charge in [-0.1, -0.05) is 25.7 Å². The highest BCUT2D eigenvalue weighted by Crippen LogP contribution is 2.56. The van der Waals surface area contributed by atoms with Gasteiger partial charge in [-0.15, -0.1) is 0 Å². The van der Waals surface area contributed by atoms with Gasteiger partial charge in [0.05, 0.1) is 19.4 Å². The predicted octanol–water partition coefficient (Wildman–Crippen LogP) is 4.54. The standard InChI is InChI=1S/C26H33NO5.C2H6O/c1-24(30)19(20(29)14-25(16-28)9-5-3-4-6-10-25)13-18-7-8-21(31-2)23-22(18)27(24)15-26(11-12-26)17-32-23;1-3-2/h7-8,13,16,30H,3-6,9-12,14-15,17H2,1-2H3;1-2H3. The molecule has 2 aliphatic heterocycles. The van der Waals surface area contributed by atoms with Crippen LogP contribution in [0.4, 0.5) is 5.69 Å². The van der Waals surface area contributed by atoms with Crippen LogP contribution in [0.25, 0.3) is 6.08 Å². The number of hydrogen-bond donors (Lipinski definition) is 1. The van der Waals surface area contributed by atoms with Crippen molar-refractivity contribution in [2.24, 2.45) is 10.8 Å². The summed E-state index contributed by atoms with van der Waals surface area (Å²) in [5.74, 6) is 1.12. The van der Waals surface area contributed by atoms with E-state index in [2.05, 4.69) is 4.74 Å². The average molecular weight is 486 g/mol. The molecule has 4 aliphatic rings. The van der Waals surface area contributed by atoms with Crippen molar-refractivity contribution in [2.45, 2.75) is 70.4 Å². The molecular formula is C28H39NO6. The van der Waals surface area contributed by atoms with E-state index in [1.54, 1.807) is 34.3 Å². The van der Waals surface area contributed by atoms with E-state index in [1.807, 2.05) is 17.0 Å². The van der Waals surface area contributed by atoms with Crippen LogP contribution in [0.1, 0.15) is 70.3 Å². The van der Waals surface area contributed by atoms with Crippen molar-refractivity contribution in [1.82, 2.24) is 0 Å². The lowest BCUT2D eigenvalue weighted by Crippen LogP contribution is -2.54. The molecule has 1 spiro atoms. The van der Waals surface area contributed by atoms with Gasteiger partial charge in [-0.3, -0.25) is 4.79 Å². The molecule has 2 saturated carbocycles. The maximum Gasteiger partial charge on any atom is 0.185 e. The topological polar surface area (TPSA) is 85.3 Å². The highest BCUT2D eigenvalue weighted by Gasteiger charge is 2.53. The molecule has 1 unspecified atom stereocenters. The molecule has 5 rings (SSSR count). The normalized spacial score (nSPS) is 25.5. The predicted molar refractivity (Wildman–Crippen MR) is 135 cm³/mol. The van der Waals surface area contributed by atoms with E-state index in [1.165, 1.54) is 0 Å². The maximum atomic E-state index is 13.6. The Balaban J connectivity index is 0.000000917. The molecule has 0 radical (unpaired) electrons. The first kappa shape index (κ1) is 25.7. The van der Waals surface area contributed by atoms with E-state index in [4.69, 9.17) is 9.47 Å². The van der Waals surface area contributed by atoms with Crippen molar-refractivity contribution in [3.8, 4) is 11.5 Å². The summed E-state index contributed by atoms with van der Waals surface area (Å²) in [6.07, 6.45) is 10.7. The van der Waals surface area contributed by atoms with Crippen molar-refractivity contribution in [2.75, 3.05) is 39.4 Å². The molecule has 1 aromatic carbocycles. The Kier molecular flexibility index (Phi) is 7.30. The van der Waals surface area contributed by atoms with Crippen LogP contribution in [-0.4, -0.2) is 57.4 Å². The zero-order valence-corrected chi connectivity index (χ0v) is 21.5. The molecule has 0 bridgehead atoms. The number of hydrogen-bond acceptors (Lipinski definition) is 7. The minimum absolute atomic E-state index is 0.0118. The summed E-state index contributed by atoms with van der Waals surface area (Å²) in [6, 6.07) is 3.77. The zero-order valence-electron chi connectivity index (χ0n) is 21.5. The molecule has 1 N–H and O–H groups in total. The average Bonchev–Trinajstić information content (AvgIpc) is 3.65. The number of benzene rings is 1. The smallest absolute Gasteiger partial charge is 0.185 e. The molecule has 35 heavy (non-hydrogen) atoms. The lowest BCUT2D eigenvalue weighted by molar-refractivity contribution is -0.126. The Morgan fingerprint density at radius 1 is 1.11 bits per heavy atom. The monoisotopic (exact) mass is 485 g/mol. The third-order valence-electron chi connectivity index (χ3n) is 8.09. The molecular weight excluding hydrogens is 446 g/mol. The number of carbonyl (C=O) groups is 2. The lowest BCUT2D eigenvalue weighted by Gasteiger charge is -2.44. The molecule has 1 aromatic rings. The summed E-state index contributed by atoms with van der Waals surface area (Å²) in [5.41, 5.74) is -0.117. The number of ether oxygens (including phenoxy) is 3. The van der Waals surface area contributed by atoms with Crippen LogP contribution in [0.5, 0.6) is 11.5 Å². The quantitative estimate of drug-likeness (QED) is 0.484. The van der Waals surface area contributed by atoms with Gasteiger partial charge in [-0.05, 0) is 50.8 Å². The Bertz CT molecular complexity index is 985. The van der Waals surface area contributed by atoms with Gasteiger partial charge >= 0.3 is 0 Å². The summed E-state index contributed by atoms with van der Waals surface area (Å²) in [6.45, 7) is 2.89. The SMILES string of the molecule is COC.COc1ccc2c3c1OCC1(CC1)CN3C(C)(O)C(C(=O)CC1(C=O)CCCCCC1)=C2. The van der Waals surface area contributed by atoms with Gasteiger partial charge in [-0.2, -0.15) is 0 Å². The van der Waals surface area contributed by atoms with E-state index in [0.717, 1.165) is 68.9 Å². The molecule has 192 valence electrons. The molecule has 2 fully saturated rings. The Morgan fingerprint density at radius 2 is 1.77 bits per heavy atom. The number of rotatable bonds is 5. The number of anilines is 1. The third kappa shape index (κ3) is 4.85. The van der Waals surface area contributed by atoms with Crippen molar-refractivity contribution in [1.29, 1.82) is 0 Å². The van der Waals surface area contributed by atoms with Gasteiger partial charge in [0.15, 0.2) is 23.0 Å². The Labute approximate surface area is 208 Å². The fourth-order valence-corrected chi connectivity index (χ4v) is 5.77. The largest absolute Gasteiger partial charge is 0.493 e. The minimum atomic E-state index is -1.48. The fourth-order valence-electron chi connectivity index (χ4n) is 5.77. The number of aliphatic hydroxyl groups is 1. The van der Waals surface area contributed by atoms with Crippen molar-refractivity contribution in [3.05, 3.63) is 23.3 Å². The highest BCUT2D eigenvalue weighted by molar-refractivity contribution is 6.06. The number of Topliss-reactive ketones (excluding diaryl/α,β-unsaturated/α-hetero) is 1. The van der Waals surface area contributed by atoms with E-state index >= 15 is 0 Å². The number of ketones is 1. The molecule has 2 aliphatic carbocycles. The molecule has 0 amide bonds. The van der Waals surface area contributed by atoms with Crippen molar-refractivity contribution < 1.29 is 28.9 Å². The second-order valence-corrected chi connectivity index (χ2v) is 10.9. The second kappa shape index (κ2) is 9.94.